The summed E-state index contributed by atoms with van der Waals surface area (Å²) in [6.07, 6.45) is 7.99. The van der Waals surface area contributed by atoms with Crippen molar-refractivity contribution in [2.24, 2.45) is 11.0 Å². The number of piperidine rings is 1. The Hall–Kier alpha value is -3.62. The minimum absolute atomic E-state index is 0.209. The highest BCUT2D eigenvalue weighted by atomic mass is 16.6. The number of nitrogens with zero attached hydrogens (tertiary/aromatic N) is 2. The second kappa shape index (κ2) is 8.49. The number of hydrogen-bond acceptors (Lipinski definition) is 5. The molecule has 0 radical (unpaired) electrons. The number of hydrogen-bond donors (Lipinski definition) is 3. The first-order chi connectivity index (χ1) is 15.2. The fourth-order valence-electron chi connectivity index (χ4n) is 3.88. The quantitative estimate of drug-likeness (QED) is 0.638. The van der Waals surface area contributed by atoms with Crippen LogP contribution in [0.3, 0.4) is 0 Å². The predicted octanol–water partition coefficient (Wildman–Crippen LogP) is 3.39. The molecule has 0 aliphatic carbocycles. The van der Waals surface area contributed by atoms with E-state index in [-0.39, 0.29) is 23.8 Å². The number of anilines is 1. The van der Waals surface area contributed by atoms with E-state index in [2.05, 4.69) is 20.8 Å². The predicted molar refractivity (Wildman–Crippen MR) is 122 cm³/mol. The standard InChI is InChI=1S/C23H27N5O4/c1-23(2,3)32-22(31)28-8-6-14(7-9-28)4-5-19(29)26-16-10-17-20-15(12-24-18(20)11-16)13-25-27-21(17)30/h4-5,10-14,24H,6-9H2,1-3H3,(H,26,29)(H,27,30)/b5-4+. The number of hydrazone groups is 1. The van der Waals surface area contributed by atoms with Gasteiger partial charge >= 0.3 is 6.09 Å². The average Bonchev–Trinajstić information content (AvgIpc) is 3.06. The van der Waals surface area contributed by atoms with Crippen molar-refractivity contribution >= 4 is 40.7 Å². The van der Waals surface area contributed by atoms with E-state index in [4.69, 9.17) is 4.74 Å². The van der Waals surface area contributed by atoms with E-state index in [9.17, 15) is 14.4 Å². The fraction of sp³-hybridized carbons (Fsp3) is 0.391. The van der Waals surface area contributed by atoms with Crippen molar-refractivity contribution in [1.29, 1.82) is 0 Å². The van der Waals surface area contributed by atoms with Crippen LogP contribution in [0.5, 0.6) is 0 Å². The minimum atomic E-state index is -0.512. The first-order valence-corrected chi connectivity index (χ1v) is 10.7. The summed E-state index contributed by atoms with van der Waals surface area (Å²) < 4.78 is 5.41. The number of nitrogens with one attached hydrogen (secondary N) is 3. The maximum absolute atomic E-state index is 12.5. The van der Waals surface area contributed by atoms with Gasteiger partial charge in [-0.15, -0.1) is 0 Å². The number of carbonyl (C=O) groups is 3. The Kier molecular flexibility index (Phi) is 5.73. The summed E-state index contributed by atoms with van der Waals surface area (Å²) in [5.41, 5.74) is 4.48. The zero-order valence-corrected chi connectivity index (χ0v) is 18.4. The molecule has 168 valence electrons. The molecule has 9 nitrogen and oxygen atoms in total. The summed E-state index contributed by atoms with van der Waals surface area (Å²) in [6, 6.07) is 3.44. The topological polar surface area (TPSA) is 116 Å². The van der Waals surface area contributed by atoms with Gasteiger partial charge in [-0.05, 0) is 57.7 Å². The van der Waals surface area contributed by atoms with Crippen molar-refractivity contribution in [2.45, 2.75) is 39.2 Å². The molecule has 32 heavy (non-hydrogen) atoms. The molecule has 3 amide bonds. The number of aromatic nitrogens is 1. The van der Waals surface area contributed by atoms with Gasteiger partial charge in [-0.3, -0.25) is 9.59 Å². The van der Waals surface area contributed by atoms with E-state index in [1.165, 1.54) is 6.08 Å². The molecule has 1 aromatic carbocycles. The third kappa shape index (κ3) is 4.82. The van der Waals surface area contributed by atoms with Crippen molar-refractivity contribution in [3.63, 3.8) is 0 Å². The lowest BCUT2D eigenvalue weighted by molar-refractivity contribution is -0.112. The van der Waals surface area contributed by atoms with Gasteiger partial charge in [0.2, 0.25) is 5.91 Å². The van der Waals surface area contributed by atoms with Gasteiger partial charge in [0.1, 0.15) is 5.60 Å². The molecule has 2 aliphatic rings. The lowest BCUT2D eigenvalue weighted by atomic mass is 9.96. The highest BCUT2D eigenvalue weighted by Crippen LogP contribution is 2.27. The Bertz CT molecular complexity index is 1120. The van der Waals surface area contributed by atoms with E-state index in [0.29, 0.717) is 24.3 Å². The van der Waals surface area contributed by atoms with Crippen LogP contribution < -0.4 is 10.7 Å². The van der Waals surface area contributed by atoms with Gasteiger partial charge in [0, 0.05) is 41.4 Å². The molecule has 0 spiro atoms. The average molecular weight is 438 g/mol. The van der Waals surface area contributed by atoms with Gasteiger partial charge < -0.3 is 19.9 Å². The van der Waals surface area contributed by atoms with Gasteiger partial charge in [0.05, 0.1) is 11.8 Å². The molecule has 0 saturated carbocycles. The maximum Gasteiger partial charge on any atom is 0.410 e. The second-order valence-electron chi connectivity index (χ2n) is 9.04. The number of amides is 3. The summed E-state index contributed by atoms with van der Waals surface area (Å²) in [5, 5.41) is 7.49. The molecule has 3 heterocycles. The number of rotatable bonds is 3. The Morgan fingerprint density at radius 2 is 2.00 bits per heavy atom. The SMILES string of the molecule is CC(C)(C)OC(=O)N1CCC(/C=C/C(=O)Nc2cc3c4c(c[nH]c4c2)C=NNC3=O)CC1. The summed E-state index contributed by atoms with van der Waals surface area (Å²) >= 11 is 0. The number of benzene rings is 1. The number of likely N-dealkylation sites (tertiary alicyclic amines) is 1. The minimum Gasteiger partial charge on any atom is -0.444 e. The first kappa shape index (κ1) is 21.6. The Morgan fingerprint density at radius 3 is 2.72 bits per heavy atom. The molecule has 4 rings (SSSR count). The highest BCUT2D eigenvalue weighted by Gasteiger charge is 2.26. The molecule has 9 heteroatoms. The molecule has 3 N–H and O–H groups in total. The van der Waals surface area contributed by atoms with Crippen molar-refractivity contribution in [3.8, 4) is 0 Å². The Labute approximate surface area is 185 Å². The molecule has 1 saturated heterocycles. The van der Waals surface area contributed by atoms with Crippen LogP contribution in [-0.2, 0) is 9.53 Å². The van der Waals surface area contributed by atoms with Gasteiger partial charge in [-0.2, -0.15) is 5.10 Å². The zero-order valence-electron chi connectivity index (χ0n) is 18.4. The van der Waals surface area contributed by atoms with Gasteiger partial charge in [-0.25, -0.2) is 10.2 Å². The zero-order chi connectivity index (χ0) is 22.9. The lowest BCUT2D eigenvalue weighted by Gasteiger charge is -2.32. The van der Waals surface area contributed by atoms with Crippen LogP contribution >= 0.6 is 0 Å². The molecule has 1 aromatic heterocycles. The Morgan fingerprint density at radius 1 is 1.25 bits per heavy atom. The summed E-state index contributed by atoms with van der Waals surface area (Å²) in [4.78, 5) is 41.8. The van der Waals surface area contributed by atoms with E-state index in [1.807, 2.05) is 26.8 Å². The van der Waals surface area contributed by atoms with Gasteiger partial charge in [0.25, 0.3) is 5.91 Å². The van der Waals surface area contributed by atoms with Crippen molar-refractivity contribution in [1.82, 2.24) is 15.3 Å². The number of aromatic amines is 1. The van der Waals surface area contributed by atoms with Crippen LogP contribution in [0.15, 0.2) is 35.6 Å². The van der Waals surface area contributed by atoms with E-state index < -0.39 is 5.60 Å². The summed E-state index contributed by atoms with van der Waals surface area (Å²) in [5.74, 6) is -0.392. The third-order valence-electron chi connectivity index (χ3n) is 5.40. The molecule has 2 aliphatic heterocycles. The first-order valence-electron chi connectivity index (χ1n) is 10.7. The lowest BCUT2D eigenvalue weighted by Crippen LogP contribution is -2.41. The fourth-order valence-corrected chi connectivity index (χ4v) is 3.88. The van der Waals surface area contributed by atoms with E-state index in [1.54, 1.807) is 29.4 Å². The maximum atomic E-state index is 12.5. The summed E-state index contributed by atoms with van der Waals surface area (Å²) in [6.45, 7) is 6.74. The van der Waals surface area contributed by atoms with Crippen molar-refractivity contribution < 1.29 is 19.1 Å². The second-order valence-corrected chi connectivity index (χ2v) is 9.04. The van der Waals surface area contributed by atoms with Crippen LogP contribution in [0.25, 0.3) is 10.9 Å². The van der Waals surface area contributed by atoms with Crippen LogP contribution in [0.1, 0.15) is 49.5 Å². The van der Waals surface area contributed by atoms with Crippen LogP contribution in [-0.4, -0.2) is 52.7 Å². The van der Waals surface area contributed by atoms with E-state index in [0.717, 1.165) is 29.3 Å². The number of allylic oxidation sites excluding steroid dienone is 1. The largest absolute Gasteiger partial charge is 0.444 e. The monoisotopic (exact) mass is 437 g/mol. The van der Waals surface area contributed by atoms with Gasteiger partial charge in [-0.1, -0.05) is 6.08 Å². The summed E-state index contributed by atoms with van der Waals surface area (Å²) in [7, 11) is 0. The van der Waals surface area contributed by atoms with Crippen LogP contribution in [0.2, 0.25) is 0 Å². The molecule has 1 fully saturated rings. The molecular weight excluding hydrogens is 410 g/mol. The highest BCUT2D eigenvalue weighted by molar-refractivity contribution is 6.15. The molecule has 0 atom stereocenters. The smallest absolute Gasteiger partial charge is 0.410 e. The van der Waals surface area contributed by atoms with Crippen LogP contribution in [0, 0.1) is 5.92 Å². The number of ether oxygens (including phenoxy) is 1. The van der Waals surface area contributed by atoms with Crippen LogP contribution in [0.4, 0.5) is 10.5 Å². The van der Waals surface area contributed by atoms with E-state index >= 15 is 0 Å². The normalized spacial score (nSPS) is 16.8. The van der Waals surface area contributed by atoms with Gasteiger partial charge in [0.15, 0.2) is 0 Å². The Balaban J connectivity index is 1.36. The number of carbonyl (C=O) groups excluding carboxylic acids is 3. The van der Waals surface area contributed by atoms with Crippen molar-refractivity contribution in [3.05, 3.63) is 41.6 Å². The third-order valence-corrected chi connectivity index (χ3v) is 5.40. The molecule has 0 unspecified atom stereocenters. The number of H-pyrrole nitrogens is 1. The molecular formula is C23H27N5O4. The van der Waals surface area contributed by atoms with Crippen molar-refractivity contribution in [2.75, 3.05) is 18.4 Å². The molecule has 2 aromatic rings. The molecule has 0 bridgehead atoms.